The van der Waals surface area contributed by atoms with E-state index in [9.17, 15) is 0 Å². The molecule has 0 saturated carbocycles. The lowest BCUT2D eigenvalue weighted by molar-refractivity contribution is 0.164. The molecule has 1 rings (SSSR count). The summed E-state index contributed by atoms with van der Waals surface area (Å²) in [5, 5.41) is 3.72. The first kappa shape index (κ1) is 13.0. The fourth-order valence-corrected chi connectivity index (χ4v) is 2.38. The molecule has 0 bridgehead atoms. The van der Waals surface area contributed by atoms with E-state index in [1.54, 1.807) is 0 Å². The van der Waals surface area contributed by atoms with Crippen molar-refractivity contribution in [2.24, 2.45) is 0 Å². The number of hydrogen-bond donors (Lipinski definition) is 1. The molecule has 1 fully saturated rings. The van der Waals surface area contributed by atoms with Crippen LogP contribution in [0.3, 0.4) is 0 Å². The molecule has 1 heterocycles. The average molecular weight is 212 g/mol. The lowest BCUT2D eigenvalue weighted by Gasteiger charge is -2.35. The summed E-state index contributed by atoms with van der Waals surface area (Å²) in [6.07, 6.45) is 5.14. The molecule has 3 atom stereocenters. The summed E-state index contributed by atoms with van der Waals surface area (Å²) >= 11 is 0. The van der Waals surface area contributed by atoms with E-state index in [1.807, 2.05) is 0 Å². The Bertz CT molecular complexity index is 170. The number of rotatable bonds is 3. The highest BCUT2D eigenvalue weighted by Crippen LogP contribution is 2.12. The van der Waals surface area contributed by atoms with Gasteiger partial charge in [-0.2, -0.15) is 0 Å². The topological polar surface area (TPSA) is 15.3 Å². The monoisotopic (exact) mass is 212 g/mol. The fourth-order valence-electron chi connectivity index (χ4n) is 2.38. The smallest absolute Gasteiger partial charge is 0.00790 e. The highest BCUT2D eigenvalue weighted by molar-refractivity contribution is 4.78. The zero-order valence-corrected chi connectivity index (χ0v) is 10.9. The summed E-state index contributed by atoms with van der Waals surface area (Å²) in [4.78, 5) is 2.67. The third-order valence-corrected chi connectivity index (χ3v) is 3.84. The molecule has 3 unspecified atom stereocenters. The van der Waals surface area contributed by atoms with E-state index >= 15 is 0 Å². The maximum atomic E-state index is 3.72. The largest absolute Gasteiger partial charge is 0.311 e. The summed E-state index contributed by atoms with van der Waals surface area (Å²) in [6, 6.07) is 2.17. The zero-order chi connectivity index (χ0) is 11.3. The molecular formula is C13H28N2. The Kier molecular flexibility index (Phi) is 5.62. The molecule has 0 aromatic heterocycles. The van der Waals surface area contributed by atoms with E-state index in [-0.39, 0.29) is 0 Å². The van der Waals surface area contributed by atoms with Gasteiger partial charge in [-0.25, -0.2) is 0 Å². The SMILES string of the molecule is CCC1CCN(C(C)CC)CCC(C)N1. The second kappa shape index (κ2) is 6.49. The van der Waals surface area contributed by atoms with Crippen molar-refractivity contribution in [1.82, 2.24) is 10.2 Å². The van der Waals surface area contributed by atoms with E-state index in [2.05, 4.69) is 37.9 Å². The van der Waals surface area contributed by atoms with Crippen LogP contribution >= 0.6 is 0 Å². The fraction of sp³-hybridized carbons (Fsp3) is 1.00. The number of hydrogen-bond acceptors (Lipinski definition) is 2. The van der Waals surface area contributed by atoms with Crippen LogP contribution in [0.25, 0.3) is 0 Å². The normalized spacial score (nSPS) is 32.0. The first-order valence-corrected chi connectivity index (χ1v) is 6.67. The van der Waals surface area contributed by atoms with Crippen LogP contribution in [0.1, 0.15) is 53.4 Å². The molecule has 1 saturated heterocycles. The molecule has 0 spiro atoms. The Morgan fingerprint density at radius 3 is 2.53 bits per heavy atom. The number of nitrogens with zero attached hydrogens (tertiary/aromatic N) is 1. The van der Waals surface area contributed by atoms with Crippen molar-refractivity contribution >= 4 is 0 Å². The molecule has 0 aromatic carbocycles. The van der Waals surface area contributed by atoms with Crippen LogP contribution in [0.15, 0.2) is 0 Å². The van der Waals surface area contributed by atoms with Gasteiger partial charge in [-0.15, -0.1) is 0 Å². The minimum Gasteiger partial charge on any atom is -0.311 e. The molecule has 1 aliphatic rings. The second-order valence-corrected chi connectivity index (χ2v) is 5.04. The van der Waals surface area contributed by atoms with Crippen molar-refractivity contribution in [3.8, 4) is 0 Å². The Morgan fingerprint density at radius 1 is 1.27 bits per heavy atom. The van der Waals surface area contributed by atoms with E-state index in [4.69, 9.17) is 0 Å². The van der Waals surface area contributed by atoms with Crippen molar-refractivity contribution in [2.45, 2.75) is 71.5 Å². The van der Waals surface area contributed by atoms with E-state index in [0.717, 1.165) is 12.1 Å². The molecule has 0 amide bonds. The van der Waals surface area contributed by atoms with Crippen LogP contribution in [0.5, 0.6) is 0 Å². The van der Waals surface area contributed by atoms with Gasteiger partial charge in [0, 0.05) is 18.1 Å². The summed E-state index contributed by atoms with van der Waals surface area (Å²) < 4.78 is 0. The van der Waals surface area contributed by atoms with E-state index in [1.165, 1.54) is 38.8 Å². The predicted octanol–water partition coefficient (Wildman–Crippen LogP) is 2.64. The van der Waals surface area contributed by atoms with E-state index < -0.39 is 0 Å². The van der Waals surface area contributed by atoms with Gasteiger partial charge in [0.2, 0.25) is 0 Å². The Labute approximate surface area is 95.4 Å². The highest BCUT2D eigenvalue weighted by atomic mass is 15.2. The number of nitrogens with one attached hydrogen (secondary N) is 1. The molecule has 0 aromatic rings. The molecule has 15 heavy (non-hydrogen) atoms. The standard InChI is InChI=1S/C13H28N2/c1-5-12(4)15-9-7-11(3)14-13(6-2)8-10-15/h11-14H,5-10H2,1-4H3. The van der Waals surface area contributed by atoms with Crippen LogP contribution in [0.2, 0.25) is 0 Å². The lowest BCUT2D eigenvalue weighted by atomic mass is 10.0. The first-order chi connectivity index (χ1) is 7.17. The summed E-state index contributed by atoms with van der Waals surface area (Å²) in [5.74, 6) is 0. The van der Waals surface area contributed by atoms with Crippen molar-refractivity contribution in [3.63, 3.8) is 0 Å². The van der Waals surface area contributed by atoms with Gasteiger partial charge in [-0.3, -0.25) is 0 Å². The van der Waals surface area contributed by atoms with Crippen molar-refractivity contribution in [2.75, 3.05) is 13.1 Å². The second-order valence-electron chi connectivity index (χ2n) is 5.04. The Hall–Kier alpha value is -0.0800. The van der Waals surface area contributed by atoms with Gasteiger partial charge in [-0.1, -0.05) is 13.8 Å². The molecule has 1 N–H and O–H groups in total. The van der Waals surface area contributed by atoms with Crippen molar-refractivity contribution < 1.29 is 0 Å². The molecule has 0 radical (unpaired) electrons. The maximum absolute atomic E-state index is 3.72. The minimum atomic E-state index is 0.682. The summed E-state index contributed by atoms with van der Waals surface area (Å²) in [6.45, 7) is 11.8. The van der Waals surface area contributed by atoms with Crippen molar-refractivity contribution in [3.05, 3.63) is 0 Å². The van der Waals surface area contributed by atoms with Crippen LogP contribution in [0, 0.1) is 0 Å². The molecule has 0 aliphatic carbocycles. The van der Waals surface area contributed by atoms with Crippen LogP contribution in [0.4, 0.5) is 0 Å². The lowest BCUT2D eigenvalue weighted by Crippen LogP contribution is -2.46. The zero-order valence-electron chi connectivity index (χ0n) is 10.9. The van der Waals surface area contributed by atoms with Gasteiger partial charge >= 0.3 is 0 Å². The maximum Gasteiger partial charge on any atom is 0.00790 e. The minimum absolute atomic E-state index is 0.682. The van der Waals surface area contributed by atoms with Gasteiger partial charge in [0.25, 0.3) is 0 Å². The molecular weight excluding hydrogens is 184 g/mol. The van der Waals surface area contributed by atoms with Crippen molar-refractivity contribution in [1.29, 1.82) is 0 Å². The van der Waals surface area contributed by atoms with Crippen LogP contribution in [-0.2, 0) is 0 Å². The highest BCUT2D eigenvalue weighted by Gasteiger charge is 2.19. The van der Waals surface area contributed by atoms with E-state index in [0.29, 0.717) is 6.04 Å². The Balaban J connectivity index is 2.48. The quantitative estimate of drug-likeness (QED) is 0.773. The average Bonchev–Trinajstić information content (AvgIpc) is 2.23. The molecule has 1 aliphatic heterocycles. The van der Waals surface area contributed by atoms with Gasteiger partial charge in [-0.05, 0) is 52.6 Å². The first-order valence-electron chi connectivity index (χ1n) is 6.67. The van der Waals surface area contributed by atoms with Crippen LogP contribution in [-0.4, -0.2) is 36.1 Å². The van der Waals surface area contributed by atoms with Gasteiger partial charge in [0.15, 0.2) is 0 Å². The van der Waals surface area contributed by atoms with Crippen LogP contribution < -0.4 is 5.32 Å². The van der Waals surface area contributed by atoms with Gasteiger partial charge in [0.05, 0.1) is 0 Å². The Morgan fingerprint density at radius 2 is 1.93 bits per heavy atom. The summed E-state index contributed by atoms with van der Waals surface area (Å²) in [5.41, 5.74) is 0. The van der Waals surface area contributed by atoms with Gasteiger partial charge in [0.1, 0.15) is 0 Å². The third kappa shape index (κ3) is 4.12. The predicted molar refractivity (Wildman–Crippen MR) is 67.2 cm³/mol. The third-order valence-electron chi connectivity index (χ3n) is 3.84. The summed E-state index contributed by atoms with van der Waals surface area (Å²) in [7, 11) is 0. The molecule has 90 valence electrons. The molecule has 2 heteroatoms. The van der Waals surface area contributed by atoms with Gasteiger partial charge < -0.3 is 10.2 Å². The molecule has 2 nitrogen and oxygen atoms in total.